The molecule has 0 aliphatic carbocycles. The van der Waals surface area contributed by atoms with Crippen LogP contribution in [0.15, 0.2) is 23.7 Å². The predicted molar refractivity (Wildman–Crippen MR) is 89.6 cm³/mol. The van der Waals surface area contributed by atoms with Gasteiger partial charge < -0.3 is 15.0 Å². The Labute approximate surface area is 134 Å². The topological polar surface area (TPSA) is 54.5 Å². The minimum Gasteiger partial charge on any atom is -0.444 e. The minimum atomic E-state index is -0.462. The van der Waals surface area contributed by atoms with Crippen molar-refractivity contribution in [2.45, 2.75) is 38.8 Å². The van der Waals surface area contributed by atoms with Crippen LogP contribution < -0.4 is 10.2 Å². The number of pyridine rings is 1. The Balaban J connectivity index is 1.65. The third kappa shape index (κ3) is 3.32. The van der Waals surface area contributed by atoms with E-state index in [9.17, 15) is 4.79 Å². The van der Waals surface area contributed by atoms with Crippen molar-refractivity contribution in [3.63, 3.8) is 0 Å². The summed E-state index contributed by atoms with van der Waals surface area (Å²) in [6.45, 7) is 7.35. The van der Waals surface area contributed by atoms with E-state index in [1.54, 1.807) is 11.3 Å². The Morgan fingerprint density at radius 1 is 1.45 bits per heavy atom. The molecule has 0 saturated carbocycles. The number of aromatic nitrogens is 1. The molecule has 1 saturated heterocycles. The van der Waals surface area contributed by atoms with Gasteiger partial charge in [-0.25, -0.2) is 4.79 Å². The van der Waals surface area contributed by atoms with Gasteiger partial charge in [-0.05, 0) is 44.7 Å². The molecule has 5 nitrogen and oxygen atoms in total. The molecule has 1 atom stereocenters. The molecule has 2 aromatic rings. The molecular weight excluding hydrogens is 298 g/mol. The van der Waals surface area contributed by atoms with Gasteiger partial charge in [-0.15, -0.1) is 11.3 Å². The molecule has 1 fully saturated rings. The van der Waals surface area contributed by atoms with Crippen molar-refractivity contribution in [2.24, 2.45) is 0 Å². The summed E-state index contributed by atoms with van der Waals surface area (Å²) in [7, 11) is 0. The molecule has 1 aliphatic heterocycles. The molecular formula is C16H21N3O2S. The van der Waals surface area contributed by atoms with Crippen LogP contribution in [0.4, 0.5) is 10.5 Å². The van der Waals surface area contributed by atoms with Crippen molar-refractivity contribution in [2.75, 3.05) is 18.0 Å². The summed E-state index contributed by atoms with van der Waals surface area (Å²) in [5.74, 6) is 0. The number of nitrogens with zero attached hydrogens (tertiary/aromatic N) is 2. The molecule has 0 radical (unpaired) electrons. The van der Waals surface area contributed by atoms with Crippen LogP contribution in [0.1, 0.15) is 27.2 Å². The van der Waals surface area contributed by atoms with Gasteiger partial charge in [0.25, 0.3) is 0 Å². The summed E-state index contributed by atoms with van der Waals surface area (Å²) in [6.07, 6.45) is 2.43. The predicted octanol–water partition coefficient (Wildman–Crippen LogP) is 3.40. The van der Waals surface area contributed by atoms with Gasteiger partial charge in [-0.2, -0.15) is 0 Å². The summed E-state index contributed by atoms with van der Waals surface area (Å²) < 4.78 is 6.53. The van der Waals surface area contributed by atoms with Gasteiger partial charge in [0.1, 0.15) is 5.60 Å². The van der Waals surface area contributed by atoms with Crippen LogP contribution in [-0.4, -0.2) is 35.8 Å². The second-order valence-corrected chi connectivity index (χ2v) is 7.46. The normalized spacial score (nSPS) is 18.7. The molecule has 118 valence electrons. The highest BCUT2D eigenvalue weighted by Gasteiger charge is 2.27. The van der Waals surface area contributed by atoms with E-state index in [0.29, 0.717) is 0 Å². The number of hydrogen-bond donors (Lipinski definition) is 1. The third-order valence-corrected chi connectivity index (χ3v) is 4.50. The Morgan fingerprint density at radius 2 is 2.27 bits per heavy atom. The van der Waals surface area contributed by atoms with Gasteiger partial charge in [0.05, 0.1) is 21.9 Å². The standard InChI is InChI=1S/C16H21N3O2S/c1-16(2,3)21-15(20)18-11-5-8-19(10-11)13-4-7-17-12-6-9-22-14(12)13/h4,6-7,9,11H,5,8,10H2,1-3H3,(H,18,20). The van der Waals surface area contributed by atoms with Crippen LogP contribution in [0.2, 0.25) is 0 Å². The van der Waals surface area contributed by atoms with E-state index in [0.717, 1.165) is 25.0 Å². The van der Waals surface area contributed by atoms with Crippen LogP contribution in [0.25, 0.3) is 10.2 Å². The molecule has 1 N–H and O–H groups in total. The van der Waals surface area contributed by atoms with Crippen LogP contribution in [-0.2, 0) is 4.74 Å². The second-order valence-electron chi connectivity index (χ2n) is 6.54. The third-order valence-electron chi connectivity index (χ3n) is 3.57. The molecule has 3 rings (SSSR count). The summed E-state index contributed by atoms with van der Waals surface area (Å²) >= 11 is 1.71. The second kappa shape index (κ2) is 5.76. The first-order chi connectivity index (χ1) is 10.4. The molecule has 0 aromatic carbocycles. The zero-order chi connectivity index (χ0) is 15.7. The Morgan fingerprint density at radius 3 is 3.05 bits per heavy atom. The van der Waals surface area contributed by atoms with E-state index in [1.165, 1.54) is 10.4 Å². The lowest BCUT2D eigenvalue weighted by Gasteiger charge is -2.22. The molecule has 22 heavy (non-hydrogen) atoms. The number of nitrogens with one attached hydrogen (secondary N) is 1. The highest BCUT2D eigenvalue weighted by molar-refractivity contribution is 7.17. The maximum atomic E-state index is 11.9. The minimum absolute atomic E-state index is 0.123. The highest BCUT2D eigenvalue weighted by Crippen LogP contribution is 2.31. The van der Waals surface area contributed by atoms with Crippen LogP contribution >= 0.6 is 11.3 Å². The van der Waals surface area contributed by atoms with Gasteiger partial charge in [0.15, 0.2) is 0 Å². The monoisotopic (exact) mass is 319 g/mol. The molecule has 1 amide bonds. The summed E-state index contributed by atoms with van der Waals surface area (Å²) in [5.41, 5.74) is 1.77. The SMILES string of the molecule is CC(C)(C)OC(=O)NC1CCN(c2ccnc3ccsc23)C1. The van der Waals surface area contributed by atoms with E-state index in [2.05, 4.69) is 26.6 Å². The Bertz CT molecular complexity index is 677. The van der Waals surface area contributed by atoms with Gasteiger partial charge in [0.2, 0.25) is 0 Å². The highest BCUT2D eigenvalue weighted by atomic mass is 32.1. The van der Waals surface area contributed by atoms with Crippen molar-refractivity contribution in [3.8, 4) is 0 Å². The van der Waals surface area contributed by atoms with E-state index in [-0.39, 0.29) is 12.1 Å². The first kappa shape index (κ1) is 15.1. The number of alkyl carbamates (subject to hydrolysis) is 1. The maximum absolute atomic E-state index is 11.9. The fraction of sp³-hybridized carbons (Fsp3) is 0.500. The van der Waals surface area contributed by atoms with E-state index in [4.69, 9.17) is 4.74 Å². The summed E-state index contributed by atoms with van der Waals surface area (Å²) in [6, 6.07) is 4.21. The van der Waals surface area contributed by atoms with Crippen molar-refractivity contribution >= 4 is 33.3 Å². The van der Waals surface area contributed by atoms with Crippen molar-refractivity contribution in [1.82, 2.24) is 10.3 Å². The summed E-state index contributed by atoms with van der Waals surface area (Å²) in [4.78, 5) is 18.6. The zero-order valence-electron chi connectivity index (χ0n) is 13.1. The zero-order valence-corrected chi connectivity index (χ0v) is 13.9. The lowest BCUT2D eigenvalue weighted by Crippen LogP contribution is -2.40. The van der Waals surface area contributed by atoms with E-state index < -0.39 is 5.60 Å². The van der Waals surface area contributed by atoms with E-state index in [1.807, 2.05) is 33.0 Å². The molecule has 0 spiro atoms. The number of rotatable bonds is 2. The number of thiophene rings is 1. The fourth-order valence-corrected chi connectivity index (χ4v) is 3.57. The van der Waals surface area contributed by atoms with Gasteiger partial charge in [-0.1, -0.05) is 0 Å². The molecule has 3 heterocycles. The van der Waals surface area contributed by atoms with Gasteiger partial charge in [-0.3, -0.25) is 4.98 Å². The van der Waals surface area contributed by atoms with E-state index >= 15 is 0 Å². The van der Waals surface area contributed by atoms with Crippen molar-refractivity contribution in [1.29, 1.82) is 0 Å². The van der Waals surface area contributed by atoms with Crippen LogP contribution in [0.5, 0.6) is 0 Å². The van der Waals surface area contributed by atoms with Crippen LogP contribution in [0, 0.1) is 0 Å². The van der Waals surface area contributed by atoms with Crippen molar-refractivity contribution < 1.29 is 9.53 Å². The lowest BCUT2D eigenvalue weighted by atomic mass is 10.2. The number of hydrogen-bond acceptors (Lipinski definition) is 5. The number of ether oxygens (including phenoxy) is 1. The quantitative estimate of drug-likeness (QED) is 0.922. The molecule has 0 bridgehead atoms. The smallest absolute Gasteiger partial charge is 0.407 e. The first-order valence-electron chi connectivity index (χ1n) is 7.49. The fourth-order valence-electron chi connectivity index (χ4n) is 2.68. The number of anilines is 1. The number of fused-ring (bicyclic) bond motifs is 1. The molecule has 2 aromatic heterocycles. The number of carbonyl (C=O) groups excluding carboxylic acids is 1. The number of amides is 1. The van der Waals surface area contributed by atoms with Crippen molar-refractivity contribution in [3.05, 3.63) is 23.7 Å². The molecule has 1 aliphatic rings. The van der Waals surface area contributed by atoms with Crippen LogP contribution in [0.3, 0.4) is 0 Å². The Hall–Kier alpha value is -1.82. The molecule has 1 unspecified atom stereocenters. The van der Waals surface area contributed by atoms with Gasteiger partial charge >= 0.3 is 6.09 Å². The lowest BCUT2D eigenvalue weighted by molar-refractivity contribution is 0.0509. The summed E-state index contributed by atoms with van der Waals surface area (Å²) in [5, 5.41) is 5.03. The van der Waals surface area contributed by atoms with Gasteiger partial charge in [0, 0.05) is 19.3 Å². The average Bonchev–Trinajstić information content (AvgIpc) is 3.04. The largest absolute Gasteiger partial charge is 0.444 e. The number of carbonyl (C=O) groups is 1. The Kier molecular flexibility index (Phi) is 3.95. The average molecular weight is 319 g/mol. The first-order valence-corrected chi connectivity index (χ1v) is 8.37. The maximum Gasteiger partial charge on any atom is 0.407 e. The molecule has 6 heteroatoms.